The number of aryl methyl sites for hydroxylation is 2. The first kappa shape index (κ1) is 48.7. The number of carbonyl (C=O) groups excluding carboxylic acids is 3. The molecular formula is C49H58BrF2N10O5P. The van der Waals surface area contributed by atoms with Gasteiger partial charge in [0.1, 0.15) is 30.3 Å². The lowest BCUT2D eigenvalue weighted by atomic mass is 9.89. The molecule has 1 unspecified atom stereocenters. The smallest absolute Gasteiger partial charge is 0.234 e. The highest BCUT2D eigenvalue weighted by Crippen LogP contribution is 2.43. The lowest BCUT2D eigenvalue weighted by Gasteiger charge is -2.35. The third-order valence-electron chi connectivity index (χ3n) is 13.1. The van der Waals surface area contributed by atoms with Gasteiger partial charge in [0.05, 0.1) is 40.3 Å². The number of nitrogens with one attached hydrogen (secondary N) is 5. The number of benzene rings is 3. The van der Waals surface area contributed by atoms with Gasteiger partial charge in [-0.3, -0.25) is 24.7 Å². The number of fused-ring (bicyclic) bond motifs is 1. The van der Waals surface area contributed by atoms with Crippen molar-refractivity contribution in [2.75, 3.05) is 80.1 Å². The van der Waals surface area contributed by atoms with Gasteiger partial charge in [-0.25, -0.2) is 13.8 Å². The molecule has 15 nitrogen and oxygen atoms in total. The number of amides is 3. The molecule has 19 heteroatoms. The number of rotatable bonds is 16. The third-order valence-corrected chi connectivity index (χ3v) is 15.2. The van der Waals surface area contributed by atoms with Crippen LogP contribution in [0.4, 0.5) is 43.3 Å². The van der Waals surface area contributed by atoms with Crippen molar-refractivity contribution in [1.82, 2.24) is 30.9 Å². The Morgan fingerprint density at radius 2 is 1.66 bits per heavy atom. The van der Waals surface area contributed by atoms with Gasteiger partial charge in [0.25, 0.3) is 0 Å². The van der Waals surface area contributed by atoms with E-state index in [1.807, 2.05) is 24.3 Å². The number of halogens is 3. The Morgan fingerprint density at radius 3 is 2.35 bits per heavy atom. The molecule has 3 aromatic carbocycles. The van der Waals surface area contributed by atoms with Crippen LogP contribution >= 0.6 is 23.1 Å². The number of piperidine rings is 2. The van der Waals surface area contributed by atoms with Crippen LogP contribution in [0.2, 0.25) is 0 Å². The van der Waals surface area contributed by atoms with Gasteiger partial charge in [0, 0.05) is 97.3 Å². The molecule has 5 N–H and O–H groups in total. The fourth-order valence-electron chi connectivity index (χ4n) is 9.52. The zero-order chi connectivity index (χ0) is 48.3. The molecule has 2 aromatic heterocycles. The zero-order valence-corrected chi connectivity index (χ0v) is 41.5. The van der Waals surface area contributed by atoms with E-state index in [2.05, 4.69) is 78.4 Å². The largest absolute Gasteiger partial charge is 0.494 e. The maximum Gasteiger partial charge on any atom is 0.234 e. The Kier molecular flexibility index (Phi) is 15.0. The summed E-state index contributed by atoms with van der Waals surface area (Å²) in [6.07, 6.45) is 5.71. The zero-order valence-electron chi connectivity index (χ0n) is 39.0. The monoisotopic (exact) mass is 1010 g/mol. The second-order valence-corrected chi connectivity index (χ2v) is 22.0. The summed E-state index contributed by atoms with van der Waals surface area (Å²) < 4.78 is 50.6. The van der Waals surface area contributed by atoms with Gasteiger partial charge in [-0.1, -0.05) is 19.9 Å². The molecule has 3 fully saturated rings. The lowest BCUT2D eigenvalue weighted by Crippen LogP contribution is -2.45. The minimum Gasteiger partial charge on any atom is -0.494 e. The lowest BCUT2D eigenvalue weighted by molar-refractivity contribution is -0.134. The summed E-state index contributed by atoms with van der Waals surface area (Å²) in [5, 5.41) is 17.1. The first-order valence-corrected chi connectivity index (χ1v) is 26.6. The standard InChI is InChI=1S/C49H58BrF2N10O5P/c1-6-28-22-40(58-49-55-26-35(50)46(60-49)57-39-12-11-38-33(45(39)68(4,5)66)9-8-30(7-2)56-38)42(67-3)25-41(28)61-20-15-31(16-21-61)53-17-18-54-47(64)29-14-19-62(27-29)32-23-36(51)44(37(52)24-32)34-10-13-43(63)59-48(34)65/h8-9,11-12,22-26,29,31,34,53H,6-7,10,13-21,27H2,1-5H3,(H,54,64)(H,59,63,65)(H2,55,57,58,60)/t29-,34?/m1/s1. The third kappa shape index (κ3) is 10.8. The Bertz CT molecular complexity index is 2760. The molecule has 0 aliphatic carbocycles. The van der Waals surface area contributed by atoms with Gasteiger partial charge in [0.2, 0.25) is 23.7 Å². The molecule has 8 rings (SSSR count). The van der Waals surface area contributed by atoms with E-state index < -0.39 is 36.5 Å². The number of methoxy groups -OCH3 is 1. The summed E-state index contributed by atoms with van der Waals surface area (Å²) >= 11 is 3.60. The molecule has 0 saturated carbocycles. The topological polar surface area (TPSA) is 183 Å². The van der Waals surface area contributed by atoms with Gasteiger partial charge in [-0.15, -0.1) is 0 Å². The van der Waals surface area contributed by atoms with E-state index in [9.17, 15) is 18.9 Å². The second kappa shape index (κ2) is 20.9. The van der Waals surface area contributed by atoms with Crippen LogP contribution in [0.1, 0.15) is 68.7 Å². The van der Waals surface area contributed by atoms with Gasteiger partial charge in [-0.2, -0.15) is 4.98 Å². The highest BCUT2D eigenvalue weighted by atomic mass is 79.9. The predicted octanol–water partition coefficient (Wildman–Crippen LogP) is 7.66. The summed E-state index contributed by atoms with van der Waals surface area (Å²) in [7, 11) is -1.11. The Labute approximate surface area is 403 Å². The van der Waals surface area contributed by atoms with E-state index in [4.69, 9.17) is 14.7 Å². The van der Waals surface area contributed by atoms with Crippen molar-refractivity contribution < 1.29 is 32.5 Å². The van der Waals surface area contributed by atoms with E-state index in [1.165, 1.54) is 12.1 Å². The number of hydrogen-bond donors (Lipinski definition) is 5. The number of aromatic nitrogens is 3. The minimum atomic E-state index is -2.76. The number of hydrogen-bond acceptors (Lipinski definition) is 13. The molecule has 2 atom stereocenters. The summed E-state index contributed by atoms with van der Waals surface area (Å²) in [6, 6.07) is 14.7. The van der Waals surface area contributed by atoms with Crippen molar-refractivity contribution in [2.45, 2.75) is 70.8 Å². The Balaban J connectivity index is 0.833. The molecule has 0 radical (unpaired) electrons. The van der Waals surface area contributed by atoms with E-state index in [0.29, 0.717) is 71.3 Å². The number of nitrogens with zero attached hydrogens (tertiary/aromatic N) is 5. The quantitative estimate of drug-likeness (QED) is 0.0370. The molecule has 68 heavy (non-hydrogen) atoms. The molecule has 3 saturated heterocycles. The number of pyridine rings is 1. The Hall–Kier alpha value is -5.71. The van der Waals surface area contributed by atoms with Crippen LogP contribution in [-0.4, -0.2) is 98.4 Å². The summed E-state index contributed by atoms with van der Waals surface area (Å²) in [5.41, 5.74) is 5.42. The van der Waals surface area contributed by atoms with Crippen molar-refractivity contribution in [2.24, 2.45) is 5.92 Å². The van der Waals surface area contributed by atoms with Crippen LogP contribution in [0, 0.1) is 17.6 Å². The van der Waals surface area contributed by atoms with E-state index in [-0.39, 0.29) is 36.3 Å². The maximum atomic E-state index is 15.2. The molecule has 3 aliphatic heterocycles. The summed E-state index contributed by atoms with van der Waals surface area (Å²) in [6.45, 7) is 11.2. The van der Waals surface area contributed by atoms with Crippen molar-refractivity contribution in [3.63, 3.8) is 0 Å². The molecule has 0 spiro atoms. The number of anilines is 6. The van der Waals surface area contributed by atoms with Gasteiger partial charge in [-0.05, 0) is 110 Å². The van der Waals surface area contributed by atoms with Crippen LogP contribution in [0.15, 0.2) is 59.2 Å². The van der Waals surface area contributed by atoms with Gasteiger partial charge >= 0.3 is 0 Å². The fourth-order valence-corrected chi connectivity index (χ4v) is 11.3. The van der Waals surface area contributed by atoms with Gasteiger partial charge in [0.15, 0.2) is 0 Å². The van der Waals surface area contributed by atoms with Crippen molar-refractivity contribution >= 4 is 91.5 Å². The number of imide groups is 1. The SMILES string of the molecule is CCc1ccc2c(P(C)(C)=O)c(Nc3nc(Nc4cc(CC)c(N5CCC(NCCNC(=O)[C@@H]6CCN(c7cc(F)c(C8CCC(=O)NC8=O)c(F)c7)C6)CC5)cc4OC)ncc3Br)ccc2n1. The van der Waals surface area contributed by atoms with Crippen LogP contribution in [0.3, 0.4) is 0 Å². The van der Waals surface area contributed by atoms with E-state index in [1.54, 1.807) is 31.5 Å². The fraction of sp³-hybridized carbons (Fsp3) is 0.429. The van der Waals surface area contributed by atoms with Crippen molar-refractivity contribution in [3.05, 3.63) is 87.7 Å². The molecule has 360 valence electrons. The Morgan fingerprint density at radius 1 is 0.912 bits per heavy atom. The molecule has 5 aromatic rings. The summed E-state index contributed by atoms with van der Waals surface area (Å²) in [4.78, 5) is 55.3. The number of carbonyl (C=O) groups is 3. The average Bonchev–Trinajstić information content (AvgIpc) is 3.82. The molecular weight excluding hydrogens is 957 g/mol. The van der Waals surface area contributed by atoms with Crippen LogP contribution < -0.4 is 46.4 Å². The highest BCUT2D eigenvalue weighted by Gasteiger charge is 2.35. The normalized spacial score (nSPS) is 17.9. The number of ether oxygens (including phenoxy) is 1. The van der Waals surface area contributed by atoms with Crippen LogP contribution in [0.5, 0.6) is 5.75 Å². The predicted molar refractivity (Wildman–Crippen MR) is 267 cm³/mol. The van der Waals surface area contributed by atoms with Gasteiger partial charge < -0.3 is 40.4 Å². The van der Waals surface area contributed by atoms with Crippen molar-refractivity contribution in [3.8, 4) is 5.75 Å². The molecule has 3 amide bonds. The molecule has 5 heterocycles. The van der Waals surface area contributed by atoms with Crippen LogP contribution in [-0.2, 0) is 31.8 Å². The molecule has 3 aliphatic rings. The first-order valence-electron chi connectivity index (χ1n) is 23.2. The first-order chi connectivity index (χ1) is 32.6. The summed E-state index contributed by atoms with van der Waals surface area (Å²) in [5.74, 6) is -2.81. The highest BCUT2D eigenvalue weighted by molar-refractivity contribution is 9.10. The van der Waals surface area contributed by atoms with Crippen LogP contribution in [0.25, 0.3) is 10.9 Å². The minimum absolute atomic E-state index is 0.0205. The second-order valence-electron chi connectivity index (χ2n) is 18.0. The average molecular weight is 1020 g/mol. The van der Waals surface area contributed by atoms with E-state index >= 15 is 8.78 Å². The van der Waals surface area contributed by atoms with Crippen molar-refractivity contribution in [1.29, 1.82) is 0 Å². The maximum absolute atomic E-state index is 15.2. The molecule has 0 bridgehead atoms. The van der Waals surface area contributed by atoms with E-state index in [0.717, 1.165) is 72.3 Å².